The first-order valence-corrected chi connectivity index (χ1v) is 17.0. The van der Waals surface area contributed by atoms with Crippen LogP contribution in [0.1, 0.15) is 52.8 Å². The van der Waals surface area contributed by atoms with Crippen molar-refractivity contribution in [3.05, 3.63) is 197 Å². The van der Waals surface area contributed by atoms with Crippen molar-refractivity contribution in [2.75, 3.05) is 4.90 Å². The third kappa shape index (κ3) is 3.41. The molecule has 48 heavy (non-hydrogen) atoms. The molecule has 3 aliphatic rings. The maximum absolute atomic E-state index is 2.52. The summed E-state index contributed by atoms with van der Waals surface area (Å²) in [6, 6.07) is 59.3. The molecule has 0 unspecified atom stereocenters. The average Bonchev–Trinajstić information content (AvgIpc) is 3.69. The van der Waals surface area contributed by atoms with Gasteiger partial charge in [0.25, 0.3) is 0 Å². The van der Waals surface area contributed by atoms with Crippen LogP contribution in [0.4, 0.5) is 17.1 Å². The number of aryl methyl sites for hydroxylation is 1. The van der Waals surface area contributed by atoms with Gasteiger partial charge in [0.1, 0.15) is 0 Å². The second kappa shape index (κ2) is 9.69. The Morgan fingerprint density at radius 1 is 0.396 bits per heavy atom. The molecule has 0 saturated carbocycles. The van der Waals surface area contributed by atoms with Crippen LogP contribution in [-0.4, -0.2) is 0 Å². The predicted octanol–water partition coefficient (Wildman–Crippen LogP) is 12.1. The first-order valence-electron chi connectivity index (χ1n) is 17.0. The first-order chi connectivity index (χ1) is 23.5. The number of benzene rings is 7. The Kier molecular flexibility index (Phi) is 5.54. The quantitative estimate of drug-likeness (QED) is 0.192. The lowest BCUT2D eigenvalue weighted by molar-refractivity contribution is 0.660. The first kappa shape index (κ1) is 27.5. The number of nitrogens with zero attached hydrogens (tertiary/aromatic N) is 1. The Hall–Kier alpha value is -5.66. The number of anilines is 3. The fourth-order valence-electron chi connectivity index (χ4n) is 9.27. The van der Waals surface area contributed by atoms with Crippen molar-refractivity contribution in [1.82, 2.24) is 0 Å². The average molecular weight is 614 g/mol. The monoisotopic (exact) mass is 613 g/mol. The zero-order valence-electron chi connectivity index (χ0n) is 27.5. The minimum Gasteiger partial charge on any atom is -0.310 e. The third-order valence-corrected chi connectivity index (χ3v) is 11.3. The molecule has 0 N–H and O–H groups in total. The van der Waals surface area contributed by atoms with Gasteiger partial charge in [0.15, 0.2) is 0 Å². The van der Waals surface area contributed by atoms with Crippen molar-refractivity contribution in [3.8, 4) is 33.4 Å². The summed E-state index contributed by atoms with van der Waals surface area (Å²) in [4.78, 5) is 2.52. The molecule has 7 aromatic rings. The molecule has 7 aromatic carbocycles. The molecule has 0 saturated heterocycles. The summed E-state index contributed by atoms with van der Waals surface area (Å²) in [6.07, 6.45) is 0. The van der Waals surface area contributed by atoms with E-state index < -0.39 is 5.41 Å². The Bertz CT molecular complexity index is 2380. The van der Waals surface area contributed by atoms with E-state index in [1.165, 1.54) is 83.7 Å². The molecule has 0 fully saturated rings. The summed E-state index contributed by atoms with van der Waals surface area (Å²) in [6.45, 7) is 6.91. The van der Waals surface area contributed by atoms with E-state index in [1.54, 1.807) is 0 Å². The number of fused-ring (bicyclic) bond motifs is 13. The Balaban J connectivity index is 1.30. The molecule has 0 heterocycles. The highest BCUT2D eigenvalue weighted by atomic mass is 15.1. The van der Waals surface area contributed by atoms with Gasteiger partial charge in [-0.2, -0.15) is 0 Å². The second-order valence-electron chi connectivity index (χ2n) is 14.2. The van der Waals surface area contributed by atoms with Crippen LogP contribution in [0.3, 0.4) is 0 Å². The van der Waals surface area contributed by atoms with Crippen LogP contribution >= 0.6 is 0 Å². The lowest BCUT2D eigenvalue weighted by atomic mass is 9.70. The van der Waals surface area contributed by atoms with Crippen LogP contribution in [0.25, 0.3) is 33.4 Å². The third-order valence-electron chi connectivity index (χ3n) is 11.3. The maximum Gasteiger partial charge on any atom is 0.0746 e. The fourth-order valence-corrected chi connectivity index (χ4v) is 9.27. The van der Waals surface area contributed by atoms with Gasteiger partial charge in [-0.15, -0.1) is 0 Å². The molecule has 0 amide bonds. The number of hydrogen-bond acceptors (Lipinski definition) is 1. The maximum atomic E-state index is 2.52. The number of rotatable bonds is 3. The van der Waals surface area contributed by atoms with Crippen LogP contribution in [0.5, 0.6) is 0 Å². The van der Waals surface area contributed by atoms with Gasteiger partial charge < -0.3 is 4.90 Å². The molecule has 10 rings (SSSR count). The van der Waals surface area contributed by atoms with Crippen molar-refractivity contribution >= 4 is 17.1 Å². The van der Waals surface area contributed by atoms with Crippen LogP contribution in [-0.2, 0) is 10.8 Å². The molecule has 1 spiro atoms. The number of hydrogen-bond donors (Lipinski definition) is 0. The predicted molar refractivity (Wildman–Crippen MR) is 200 cm³/mol. The zero-order valence-corrected chi connectivity index (χ0v) is 27.5. The van der Waals surface area contributed by atoms with Gasteiger partial charge in [0.05, 0.1) is 11.1 Å². The van der Waals surface area contributed by atoms with Gasteiger partial charge in [0, 0.05) is 22.4 Å². The highest BCUT2D eigenvalue weighted by molar-refractivity contribution is 5.99. The van der Waals surface area contributed by atoms with Crippen LogP contribution in [0.15, 0.2) is 158 Å². The lowest BCUT2D eigenvalue weighted by Gasteiger charge is -2.36. The molecule has 228 valence electrons. The minimum atomic E-state index is -0.440. The lowest BCUT2D eigenvalue weighted by Crippen LogP contribution is -2.28. The normalized spacial score (nSPS) is 14.9. The molecule has 0 atom stereocenters. The van der Waals surface area contributed by atoms with E-state index in [9.17, 15) is 0 Å². The van der Waals surface area contributed by atoms with E-state index in [4.69, 9.17) is 0 Å². The summed E-state index contributed by atoms with van der Waals surface area (Å²) >= 11 is 0. The summed E-state index contributed by atoms with van der Waals surface area (Å²) < 4.78 is 0. The SMILES string of the molecule is Cc1ccc(N(c2ccc3c(c2)C(C)(C)c2ccccc2-3)c2cccc3c2C2(c4ccccc4-c4ccccc42)c2ccccc2-3)cc1. The van der Waals surface area contributed by atoms with E-state index in [2.05, 4.69) is 183 Å². The Morgan fingerprint density at radius 3 is 1.46 bits per heavy atom. The van der Waals surface area contributed by atoms with Gasteiger partial charge in [-0.25, -0.2) is 0 Å². The van der Waals surface area contributed by atoms with Gasteiger partial charge in [-0.3, -0.25) is 0 Å². The largest absolute Gasteiger partial charge is 0.310 e. The summed E-state index contributed by atoms with van der Waals surface area (Å²) in [7, 11) is 0. The molecule has 0 radical (unpaired) electrons. The van der Waals surface area contributed by atoms with Crippen LogP contribution in [0.2, 0.25) is 0 Å². The fraction of sp³-hybridized carbons (Fsp3) is 0.106. The summed E-state index contributed by atoms with van der Waals surface area (Å²) in [5, 5.41) is 0. The van der Waals surface area contributed by atoms with E-state index in [-0.39, 0.29) is 5.41 Å². The standard InChI is InChI=1S/C47H35N/c1-30-23-25-31(26-24-30)48(32-27-28-37-33-13-4-8-18-39(33)46(2,3)43(37)29-32)44-22-12-17-38-36-16-7-11-21-42(36)47(45(38)44)40-19-9-5-14-34(40)35-15-6-10-20-41(35)47/h4-29H,1-3H3. The van der Waals surface area contributed by atoms with Gasteiger partial charge in [-0.1, -0.05) is 147 Å². The van der Waals surface area contributed by atoms with Crippen molar-refractivity contribution in [1.29, 1.82) is 0 Å². The molecule has 0 bridgehead atoms. The van der Waals surface area contributed by atoms with E-state index >= 15 is 0 Å². The molecule has 1 nitrogen and oxygen atoms in total. The molecule has 1 heteroatoms. The van der Waals surface area contributed by atoms with Gasteiger partial charge >= 0.3 is 0 Å². The Morgan fingerprint density at radius 2 is 0.854 bits per heavy atom. The molecule has 0 aliphatic heterocycles. The van der Waals surface area contributed by atoms with Crippen LogP contribution < -0.4 is 4.90 Å². The highest BCUT2D eigenvalue weighted by Crippen LogP contribution is 2.65. The minimum absolute atomic E-state index is 0.0969. The smallest absolute Gasteiger partial charge is 0.0746 e. The Labute approximate surface area is 282 Å². The van der Waals surface area contributed by atoms with Crippen molar-refractivity contribution in [2.24, 2.45) is 0 Å². The van der Waals surface area contributed by atoms with Crippen LogP contribution in [0, 0.1) is 6.92 Å². The molecule has 0 aromatic heterocycles. The molecular weight excluding hydrogens is 579 g/mol. The van der Waals surface area contributed by atoms with Crippen molar-refractivity contribution in [3.63, 3.8) is 0 Å². The van der Waals surface area contributed by atoms with Gasteiger partial charge in [0.2, 0.25) is 0 Å². The van der Waals surface area contributed by atoms with E-state index in [0.29, 0.717) is 0 Å². The zero-order chi connectivity index (χ0) is 32.2. The van der Waals surface area contributed by atoms with Crippen molar-refractivity contribution < 1.29 is 0 Å². The van der Waals surface area contributed by atoms with Gasteiger partial charge in [-0.05, 0) is 98.5 Å². The summed E-state index contributed by atoms with van der Waals surface area (Å²) in [5.41, 5.74) is 20.4. The van der Waals surface area contributed by atoms with E-state index in [1.807, 2.05) is 0 Å². The molecular formula is C47H35N. The summed E-state index contributed by atoms with van der Waals surface area (Å²) in [5.74, 6) is 0. The molecule has 3 aliphatic carbocycles. The highest BCUT2D eigenvalue weighted by Gasteiger charge is 2.53. The van der Waals surface area contributed by atoms with E-state index in [0.717, 1.165) is 5.69 Å². The topological polar surface area (TPSA) is 3.24 Å². The van der Waals surface area contributed by atoms with Crippen molar-refractivity contribution in [2.45, 2.75) is 31.6 Å². The second-order valence-corrected chi connectivity index (χ2v) is 14.2.